The summed E-state index contributed by atoms with van der Waals surface area (Å²) in [6, 6.07) is 3.44. The van der Waals surface area contributed by atoms with Crippen LogP contribution in [0.3, 0.4) is 0 Å². The molecule has 9 nitrogen and oxygen atoms in total. The number of nitrogens with one attached hydrogen (secondary N) is 1. The number of nitrogens with zero attached hydrogens (tertiary/aromatic N) is 3. The fourth-order valence-electron chi connectivity index (χ4n) is 4.86. The van der Waals surface area contributed by atoms with Crippen LogP contribution >= 0.6 is 22.9 Å². The van der Waals surface area contributed by atoms with Gasteiger partial charge in [0.2, 0.25) is 21.8 Å². The first-order chi connectivity index (χ1) is 15.1. The molecule has 1 unspecified atom stereocenters. The monoisotopic (exact) mass is 502 g/mol. The number of piperazine rings is 1. The van der Waals surface area contributed by atoms with Crippen LogP contribution in [0.15, 0.2) is 17.5 Å². The van der Waals surface area contributed by atoms with Crippen LogP contribution in [0.5, 0.6) is 0 Å². The van der Waals surface area contributed by atoms with Gasteiger partial charge in [0, 0.05) is 49.5 Å². The molecule has 0 bridgehead atoms. The van der Waals surface area contributed by atoms with Crippen LogP contribution in [0, 0.1) is 0 Å². The quantitative estimate of drug-likeness (QED) is 0.649. The third-order valence-corrected chi connectivity index (χ3v) is 9.09. The van der Waals surface area contributed by atoms with E-state index in [4.69, 9.17) is 16.3 Å². The van der Waals surface area contributed by atoms with Crippen molar-refractivity contribution in [3.05, 3.63) is 26.8 Å². The van der Waals surface area contributed by atoms with Crippen molar-refractivity contribution in [3.8, 4) is 0 Å². The number of halogens is 1. The lowest BCUT2D eigenvalue weighted by Gasteiger charge is -2.45. The van der Waals surface area contributed by atoms with Gasteiger partial charge in [0.15, 0.2) is 0 Å². The van der Waals surface area contributed by atoms with Gasteiger partial charge in [-0.2, -0.15) is 4.31 Å². The number of ether oxygens (including phenoxy) is 1. The van der Waals surface area contributed by atoms with Crippen LogP contribution in [0.4, 0.5) is 0 Å². The van der Waals surface area contributed by atoms with Crippen molar-refractivity contribution in [1.29, 1.82) is 0 Å². The number of sulfonamides is 1. The molecule has 2 amide bonds. The maximum atomic E-state index is 13.1. The van der Waals surface area contributed by atoms with Gasteiger partial charge >= 0.3 is 0 Å². The molecular weight excluding hydrogens is 476 g/mol. The van der Waals surface area contributed by atoms with E-state index in [1.807, 2.05) is 0 Å². The van der Waals surface area contributed by atoms with E-state index in [0.717, 1.165) is 5.41 Å². The molecule has 4 heterocycles. The van der Waals surface area contributed by atoms with E-state index in [-0.39, 0.29) is 37.0 Å². The summed E-state index contributed by atoms with van der Waals surface area (Å²) in [7, 11) is -2.30. The molecule has 1 atom stereocenters. The van der Waals surface area contributed by atoms with Gasteiger partial charge in [-0.05, 0) is 31.1 Å². The summed E-state index contributed by atoms with van der Waals surface area (Å²) in [5.41, 5.74) is -1.32. The number of hydrogen-bond acceptors (Lipinski definition) is 7. The van der Waals surface area contributed by atoms with Crippen LogP contribution in [0.2, 0.25) is 4.34 Å². The van der Waals surface area contributed by atoms with Crippen LogP contribution < -0.4 is 5.32 Å². The third kappa shape index (κ3) is 4.46. The minimum Gasteiger partial charge on any atom is -0.381 e. The zero-order valence-corrected chi connectivity index (χ0v) is 20.4. The number of carbonyl (C=O) groups is 2. The molecule has 12 heteroatoms. The van der Waals surface area contributed by atoms with E-state index in [2.05, 4.69) is 5.32 Å². The fourth-order valence-corrected chi connectivity index (χ4v) is 7.08. The molecule has 1 spiro atoms. The zero-order valence-electron chi connectivity index (χ0n) is 18.0. The van der Waals surface area contributed by atoms with E-state index in [9.17, 15) is 18.0 Å². The van der Waals surface area contributed by atoms with E-state index in [0.29, 0.717) is 41.7 Å². The zero-order chi connectivity index (χ0) is 23.1. The molecule has 1 aromatic heterocycles. The standard InChI is InChI=1S/C20H27ClN4O5S2/c1-15(26)23-8-6-19(7-9-23)12-25-18(27)11-24(13-20(25,22-19)14-30-2)32(28,29)10-5-16-3-4-17(21)31-16/h3-5,10,22H,6-9,11-14H2,1-2H3. The first kappa shape index (κ1) is 23.7. The molecule has 3 fully saturated rings. The second kappa shape index (κ2) is 8.69. The van der Waals surface area contributed by atoms with Gasteiger partial charge in [-0.15, -0.1) is 11.3 Å². The molecule has 1 aromatic rings. The lowest BCUT2D eigenvalue weighted by molar-refractivity contribution is -0.144. The molecule has 4 rings (SSSR count). The number of thiophene rings is 1. The molecule has 32 heavy (non-hydrogen) atoms. The molecular formula is C20H27ClN4O5S2. The van der Waals surface area contributed by atoms with Crippen molar-refractivity contribution in [2.45, 2.75) is 31.0 Å². The number of piperidine rings is 1. The predicted octanol–water partition coefficient (Wildman–Crippen LogP) is 1.17. The van der Waals surface area contributed by atoms with Crippen molar-refractivity contribution < 1.29 is 22.7 Å². The van der Waals surface area contributed by atoms with Gasteiger partial charge in [0.1, 0.15) is 5.66 Å². The Labute approximate surface area is 197 Å². The number of amides is 2. The average Bonchev–Trinajstić information content (AvgIpc) is 3.28. The molecule has 3 aliphatic rings. The van der Waals surface area contributed by atoms with Gasteiger partial charge in [-0.1, -0.05) is 11.6 Å². The van der Waals surface area contributed by atoms with Crippen molar-refractivity contribution in [1.82, 2.24) is 19.4 Å². The van der Waals surface area contributed by atoms with E-state index >= 15 is 0 Å². The summed E-state index contributed by atoms with van der Waals surface area (Å²) in [6.45, 7) is 3.25. The minimum absolute atomic E-state index is 0.0364. The van der Waals surface area contributed by atoms with Crippen LogP contribution in [0.1, 0.15) is 24.6 Å². The second-order valence-electron chi connectivity index (χ2n) is 8.61. The Bertz CT molecular complexity index is 1030. The Hall–Kier alpha value is -1.50. The van der Waals surface area contributed by atoms with Gasteiger partial charge in [0.25, 0.3) is 0 Å². The van der Waals surface area contributed by atoms with E-state index in [1.54, 1.807) is 28.9 Å². The molecule has 0 aliphatic carbocycles. The highest BCUT2D eigenvalue weighted by molar-refractivity contribution is 7.92. The molecule has 3 saturated heterocycles. The summed E-state index contributed by atoms with van der Waals surface area (Å²) >= 11 is 7.20. The lowest BCUT2D eigenvalue weighted by atomic mass is 9.88. The number of fused-ring (bicyclic) bond motifs is 1. The SMILES string of the molecule is COCC12CN(S(=O)(=O)C=Cc3ccc(Cl)s3)CC(=O)N1CC1(CCN(C(C)=O)CC1)N2. The third-order valence-electron chi connectivity index (χ3n) is 6.43. The maximum absolute atomic E-state index is 13.1. The molecule has 176 valence electrons. The van der Waals surface area contributed by atoms with Gasteiger partial charge in [0.05, 0.1) is 24.0 Å². The smallest absolute Gasteiger partial charge is 0.239 e. The molecule has 0 radical (unpaired) electrons. The molecule has 0 saturated carbocycles. The Balaban J connectivity index is 1.56. The number of methoxy groups -OCH3 is 1. The first-order valence-electron chi connectivity index (χ1n) is 10.4. The summed E-state index contributed by atoms with van der Waals surface area (Å²) in [6.07, 6.45) is 2.87. The van der Waals surface area contributed by atoms with Crippen LogP contribution in [-0.4, -0.2) is 92.0 Å². The number of carbonyl (C=O) groups excluding carboxylic acids is 2. The first-order valence-corrected chi connectivity index (χ1v) is 13.1. The summed E-state index contributed by atoms with van der Waals surface area (Å²) in [5.74, 6) is -0.225. The van der Waals surface area contributed by atoms with Crippen molar-refractivity contribution in [2.75, 3.05) is 46.4 Å². The highest BCUT2D eigenvalue weighted by Crippen LogP contribution is 2.38. The van der Waals surface area contributed by atoms with Crippen LogP contribution in [0.25, 0.3) is 6.08 Å². The summed E-state index contributed by atoms with van der Waals surface area (Å²) in [5, 5.41) is 4.71. The highest BCUT2D eigenvalue weighted by atomic mass is 35.5. The van der Waals surface area contributed by atoms with Crippen molar-refractivity contribution in [2.24, 2.45) is 0 Å². The maximum Gasteiger partial charge on any atom is 0.239 e. The minimum atomic E-state index is -3.84. The molecule has 0 aromatic carbocycles. The van der Waals surface area contributed by atoms with Gasteiger partial charge in [-0.25, -0.2) is 8.42 Å². The van der Waals surface area contributed by atoms with Crippen molar-refractivity contribution in [3.63, 3.8) is 0 Å². The Morgan fingerprint density at radius 2 is 2.03 bits per heavy atom. The highest BCUT2D eigenvalue weighted by Gasteiger charge is 2.59. The topological polar surface area (TPSA) is 99.3 Å². The van der Waals surface area contributed by atoms with Crippen molar-refractivity contribution >= 4 is 50.9 Å². The predicted molar refractivity (Wildman–Crippen MR) is 123 cm³/mol. The summed E-state index contributed by atoms with van der Waals surface area (Å²) in [4.78, 5) is 29.1. The number of rotatable bonds is 5. The van der Waals surface area contributed by atoms with Gasteiger partial charge < -0.3 is 14.5 Å². The van der Waals surface area contributed by atoms with Crippen LogP contribution in [-0.2, 0) is 24.3 Å². The fraction of sp³-hybridized carbons (Fsp3) is 0.600. The Kier molecular flexibility index (Phi) is 6.43. The average molecular weight is 503 g/mol. The largest absolute Gasteiger partial charge is 0.381 e. The molecule has 3 aliphatic heterocycles. The molecule has 1 N–H and O–H groups in total. The van der Waals surface area contributed by atoms with E-state index < -0.39 is 15.7 Å². The Morgan fingerprint density at radius 1 is 1.31 bits per heavy atom. The van der Waals surface area contributed by atoms with Gasteiger partial charge in [-0.3, -0.25) is 14.9 Å². The second-order valence-corrected chi connectivity index (χ2v) is 12.2. The lowest BCUT2D eigenvalue weighted by Crippen LogP contribution is -2.70. The Morgan fingerprint density at radius 3 is 2.62 bits per heavy atom. The normalized spacial score (nSPS) is 26.3. The number of hydrogen-bond donors (Lipinski definition) is 1. The number of likely N-dealkylation sites (tertiary alicyclic amines) is 1. The summed E-state index contributed by atoms with van der Waals surface area (Å²) < 4.78 is 33.3. The van der Waals surface area contributed by atoms with E-state index in [1.165, 1.54) is 28.8 Å².